The zero-order chi connectivity index (χ0) is 17.3. The summed E-state index contributed by atoms with van der Waals surface area (Å²) < 4.78 is 65.9. The molecule has 0 saturated carbocycles. The summed E-state index contributed by atoms with van der Waals surface area (Å²) in [6, 6.07) is 10.1. The monoisotopic (exact) mass is 407 g/mol. The van der Waals surface area contributed by atoms with E-state index in [2.05, 4.69) is 20.7 Å². The van der Waals surface area contributed by atoms with Crippen LogP contribution in [0.3, 0.4) is 0 Å². The number of rotatable bonds is 4. The van der Waals surface area contributed by atoms with Gasteiger partial charge in [-0.05, 0) is 42.8 Å². The van der Waals surface area contributed by atoms with Gasteiger partial charge in [-0.25, -0.2) is 13.1 Å². The summed E-state index contributed by atoms with van der Waals surface area (Å²) in [7, 11) is -4.07. The topological polar surface area (TPSA) is 46.2 Å². The molecule has 0 aliphatic heterocycles. The molecule has 1 atom stereocenters. The zero-order valence-electron chi connectivity index (χ0n) is 11.9. The van der Waals surface area contributed by atoms with Crippen LogP contribution in [-0.4, -0.2) is 8.42 Å². The van der Waals surface area contributed by atoms with Crippen LogP contribution in [0.15, 0.2) is 57.9 Å². The molecule has 0 aliphatic rings. The second-order valence-electron chi connectivity index (χ2n) is 4.92. The van der Waals surface area contributed by atoms with Crippen molar-refractivity contribution >= 4 is 26.0 Å². The maximum Gasteiger partial charge on any atom is 0.416 e. The van der Waals surface area contributed by atoms with Crippen molar-refractivity contribution < 1.29 is 21.6 Å². The first kappa shape index (κ1) is 18.0. The fourth-order valence-corrected chi connectivity index (χ4v) is 3.68. The van der Waals surface area contributed by atoms with Crippen molar-refractivity contribution in [2.75, 3.05) is 0 Å². The Balaban J connectivity index is 2.29. The number of sulfonamides is 1. The van der Waals surface area contributed by atoms with Crippen molar-refractivity contribution in [3.63, 3.8) is 0 Å². The fourth-order valence-electron chi connectivity index (χ4n) is 1.98. The Morgan fingerprint density at radius 1 is 1.09 bits per heavy atom. The van der Waals surface area contributed by atoms with Gasteiger partial charge in [-0.3, -0.25) is 0 Å². The summed E-state index contributed by atoms with van der Waals surface area (Å²) in [4.78, 5) is -0.422. The van der Waals surface area contributed by atoms with Gasteiger partial charge in [-0.15, -0.1) is 0 Å². The van der Waals surface area contributed by atoms with Crippen LogP contribution in [0.2, 0.25) is 0 Å². The summed E-state index contributed by atoms with van der Waals surface area (Å²) in [6.07, 6.45) is -4.60. The molecular formula is C15H13BrF3NO2S. The molecule has 0 aliphatic carbocycles. The molecule has 0 radical (unpaired) electrons. The average molecular weight is 408 g/mol. The molecule has 0 heterocycles. The van der Waals surface area contributed by atoms with E-state index in [1.807, 2.05) is 0 Å². The molecule has 1 N–H and O–H groups in total. The van der Waals surface area contributed by atoms with Crippen molar-refractivity contribution in [2.45, 2.75) is 24.0 Å². The largest absolute Gasteiger partial charge is 0.416 e. The minimum Gasteiger partial charge on any atom is -0.207 e. The molecule has 2 aromatic rings. The summed E-state index contributed by atoms with van der Waals surface area (Å²) in [5, 5.41) is 0. The first-order chi connectivity index (χ1) is 10.6. The molecule has 0 saturated heterocycles. The van der Waals surface area contributed by atoms with Gasteiger partial charge in [0.2, 0.25) is 10.0 Å². The summed E-state index contributed by atoms with van der Waals surface area (Å²) in [6.45, 7) is 1.62. The predicted octanol–water partition coefficient (Wildman–Crippen LogP) is 4.51. The van der Waals surface area contributed by atoms with Crippen LogP contribution in [0, 0.1) is 0 Å². The van der Waals surface area contributed by atoms with E-state index in [1.54, 1.807) is 31.2 Å². The van der Waals surface area contributed by atoms with Crippen LogP contribution in [0.5, 0.6) is 0 Å². The number of benzene rings is 2. The molecule has 3 nitrogen and oxygen atoms in total. The van der Waals surface area contributed by atoms with Gasteiger partial charge in [0.1, 0.15) is 0 Å². The van der Waals surface area contributed by atoms with Crippen molar-refractivity contribution in [2.24, 2.45) is 0 Å². The first-order valence-electron chi connectivity index (χ1n) is 6.54. The van der Waals surface area contributed by atoms with Crippen molar-refractivity contribution in [1.82, 2.24) is 4.72 Å². The van der Waals surface area contributed by atoms with Crippen LogP contribution in [0.25, 0.3) is 0 Å². The number of nitrogens with one attached hydrogen (secondary N) is 1. The smallest absolute Gasteiger partial charge is 0.207 e. The lowest BCUT2D eigenvalue weighted by Gasteiger charge is -2.16. The lowest BCUT2D eigenvalue weighted by Crippen LogP contribution is -2.27. The molecule has 0 spiro atoms. The minimum atomic E-state index is -4.60. The number of alkyl halides is 3. The normalized spacial score (nSPS) is 13.8. The van der Waals surface area contributed by atoms with Gasteiger partial charge >= 0.3 is 6.18 Å². The van der Waals surface area contributed by atoms with Gasteiger partial charge < -0.3 is 0 Å². The number of halogens is 4. The zero-order valence-corrected chi connectivity index (χ0v) is 14.3. The van der Waals surface area contributed by atoms with Crippen molar-refractivity contribution in [1.29, 1.82) is 0 Å². The highest BCUT2D eigenvalue weighted by molar-refractivity contribution is 9.10. The molecule has 0 fully saturated rings. The van der Waals surface area contributed by atoms with E-state index in [0.717, 1.165) is 22.7 Å². The Bertz CT molecular complexity index is 806. The highest BCUT2D eigenvalue weighted by Gasteiger charge is 2.31. The third kappa shape index (κ3) is 4.55. The molecule has 124 valence electrons. The van der Waals surface area contributed by atoms with Crippen LogP contribution >= 0.6 is 15.9 Å². The van der Waals surface area contributed by atoms with E-state index in [0.29, 0.717) is 11.6 Å². The molecule has 8 heteroatoms. The second-order valence-corrected chi connectivity index (χ2v) is 7.55. The molecule has 0 unspecified atom stereocenters. The van der Waals surface area contributed by atoms with Crippen LogP contribution in [-0.2, 0) is 16.2 Å². The van der Waals surface area contributed by atoms with Crippen LogP contribution in [0.1, 0.15) is 24.1 Å². The first-order valence-corrected chi connectivity index (χ1v) is 8.82. The Labute approximate surface area is 140 Å². The Morgan fingerprint density at radius 2 is 1.74 bits per heavy atom. The Morgan fingerprint density at radius 3 is 2.35 bits per heavy atom. The third-order valence-corrected chi connectivity index (χ3v) is 5.18. The molecule has 0 aromatic heterocycles. The van der Waals surface area contributed by atoms with Crippen molar-refractivity contribution in [3.8, 4) is 0 Å². The van der Waals surface area contributed by atoms with Gasteiger partial charge in [0.05, 0.1) is 10.5 Å². The lowest BCUT2D eigenvalue weighted by molar-refractivity contribution is -0.137. The highest BCUT2D eigenvalue weighted by atomic mass is 79.9. The molecular weight excluding hydrogens is 395 g/mol. The van der Waals surface area contributed by atoms with Gasteiger partial charge in [-0.1, -0.05) is 34.1 Å². The Hall–Kier alpha value is -1.38. The van der Waals surface area contributed by atoms with Gasteiger partial charge in [0.15, 0.2) is 0 Å². The van der Waals surface area contributed by atoms with Crippen LogP contribution < -0.4 is 4.72 Å². The van der Waals surface area contributed by atoms with E-state index >= 15 is 0 Å². The van der Waals surface area contributed by atoms with E-state index in [4.69, 9.17) is 0 Å². The predicted molar refractivity (Wildman–Crippen MR) is 84.3 cm³/mol. The third-order valence-electron chi connectivity index (χ3n) is 3.15. The minimum absolute atomic E-state index is 0.422. The summed E-state index contributed by atoms with van der Waals surface area (Å²) >= 11 is 3.28. The number of hydrogen-bond acceptors (Lipinski definition) is 2. The second kappa shape index (κ2) is 6.62. The number of hydrogen-bond donors (Lipinski definition) is 1. The SMILES string of the molecule is C[C@@H](NS(=O)(=O)c1cccc(C(F)(F)F)c1)c1cccc(Br)c1. The summed E-state index contributed by atoms with van der Waals surface area (Å²) in [5.74, 6) is 0. The van der Waals surface area contributed by atoms with E-state index in [-0.39, 0.29) is 0 Å². The molecule has 0 amide bonds. The highest BCUT2D eigenvalue weighted by Crippen LogP contribution is 2.30. The molecule has 2 aromatic carbocycles. The Kier molecular flexibility index (Phi) is 5.17. The molecule has 0 bridgehead atoms. The van der Waals surface area contributed by atoms with E-state index in [1.165, 1.54) is 0 Å². The standard InChI is InChI=1S/C15H13BrF3NO2S/c1-10(11-4-2-6-13(16)8-11)20-23(21,22)14-7-3-5-12(9-14)15(17,18)19/h2-10,20H,1H3/t10-/m1/s1. The maximum absolute atomic E-state index is 12.7. The lowest BCUT2D eigenvalue weighted by atomic mass is 10.1. The summed E-state index contributed by atoms with van der Waals surface area (Å²) in [5.41, 5.74) is -0.314. The fraction of sp³-hybridized carbons (Fsp3) is 0.200. The van der Waals surface area contributed by atoms with Crippen molar-refractivity contribution in [3.05, 3.63) is 64.1 Å². The average Bonchev–Trinajstić information content (AvgIpc) is 2.46. The van der Waals surface area contributed by atoms with E-state index < -0.39 is 32.7 Å². The maximum atomic E-state index is 12.7. The van der Waals surface area contributed by atoms with Gasteiger partial charge in [-0.2, -0.15) is 13.2 Å². The molecule has 2 rings (SSSR count). The molecule has 23 heavy (non-hydrogen) atoms. The van der Waals surface area contributed by atoms with Gasteiger partial charge in [0, 0.05) is 10.5 Å². The van der Waals surface area contributed by atoms with E-state index in [9.17, 15) is 21.6 Å². The van der Waals surface area contributed by atoms with Crippen LogP contribution in [0.4, 0.5) is 13.2 Å². The quantitative estimate of drug-likeness (QED) is 0.810. The van der Waals surface area contributed by atoms with Gasteiger partial charge in [0.25, 0.3) is 0 Å².